The number of thioether (sulfide) groups is 1. The summed E-state index contributed by atoms with van der Waals surface area (Å²) in [6.07, 6.45) is -3.76. The van der Waals surface area contributed by atoms with Crippen LogP contribution in [0.1, 0.15) is 34.6 Å². The van der Waals surface area contributed by atoms with Crippen molar-refractivity contribution in [2.24, 2.45) is 4.99 Å². The SMILES string of the molecule is CCN(C(=O)OC(C)(C)C)C1=N[C@@H]2[C@@H](O)[C@H](O)[C@@H]([C@H](C)OC)O[C@@H]2S1. The summed E-state index contributed by atoms with van der Waals surface area (Å²) in [5, 5.41) is 21.1. The highest BCUT2D eigenvalue weighted by atomic mass is 32.2. The first-order valence-electron chi connectivity index (χ1n) is 8.38. The van der Waals surface area contributed by atoms with Gasteiger partial charge in [-0.3, -0.25) is 9.89 Å². The van der Waals surface area contributed by atoms with Gasteiger partial charge in [0.05, 0.1) is 6.10 Å². The topological polar surface area (TPSA) is 101 Å². The molecule has 6 atom stereocenters. The Bertz CT molecular complexity index is 523. The number of aliphatic hydroxyl groups is 2. The van der Waals surface area contributed by atoms with Crippen molar-refractivity contribution in [2.45, 2.75) is 76.1 Å². The molecule has 0 saturated carbocycles. The molecule has 144 valence electrons. The van der Waals surface area contributed by atoms with Crippen LogP contribution in [0.15, 0.2) is 4.99 Å². The van der Waals surface area contributed by atoms with Gasteiger partial charge in [0.1, 0.15) is 35.4 Å². The van der Waals surface area contributed by atoms with Crippen LogP contribution in [0.4, 0.5) is 4.79 Å². The van der Waals surface area contributed by atoms with Crippen molar-refractivity contribution in [3.63, 3.8) is 0 Å². The molecule has 0 aromatic rings. The second-order valence-electron chi connectivity index (χ2n) is 7.14. The fourth-order valence-corrected chi connectivity index (χ4v) is 3.95. The molecule has 1 fully saturated rings. The van der Waals surface area contributed by atoms with Crippen LogP contribution in [0.5, 0.6) is 0 Å². The van der Waals surface area contributed by atoms with Gasteiger partial charge in [0.2, 0.25) is 0 Å². The van der Waals surface area contributed by atoms with Gasteiger partial charge in [0, 0.05) is 13.7 Å². The predicted molar refractivity (Wildman–Crippen MR) is 94.6 cm³/mol. The van der Waals surface area contributed by atoms with Crippen molar-refractivity contribution >= 4 is 23.0 Å². The standard InChI is InChI=1S/C16H28N2O6S/c1-7-18(15(21)24-16(3,4)5)14-17-9-10(19)11(20)12(8(2)22-6)23-13(9)25-14/h8-13,19-20H,7H2,1-6H3/t8-,9+,10+,11-,12+,13+/m0/s1. The number of rotatable bonds is 3. The summed E-state index contributed by atoms with van der Waals surface area (Å²) in [4.78, 5) is 18.2. The van der Waals surface area contributed by atoms with Crippen molar-refractivity contribution in [2.75, 3.05) is 13.7 Å². The molecular formula is C16H28N2O6S. The molecule has 0 aromatic carbocycles. The van der Waals surface area contributed by atoms with Crippen LogP contribution in [0, 0.1) is 0 Å². The summed E-state index contributed by atoms with van der Waals surface area (Å²) in [5.41, 5.74) is -1.11. The average Bonchev–Trinajstić information content (AvgIpc) is 2.93. The van der Waals surface area contributed by atoms with E-state index in [2.05, 4.69) is 4.99 Å². The number of nitrogens with zero attached hydrogens (tertiary/aromatic N) is 2. The molecule has 8 nitrogen and oxygen atoms in total. The lowest BCUT2D eigenvalue weighted by atomic mass is 9.95. The van der Waals surface area contributed by atoms with Gasteiger partial charge in [-0.2, -0.15) is 0 Å². The maximum absolute atomic E-state index is 12.4. The van der Waals surface area contributed by atoms with E-state index in [0.717, 1.165) is 0 Å². The molecule has 2 rings (SSSR count). The van der Waals surface area contributed by atoms with Crippen LogP contribution < -0.4 is 0 Å². The molecule has 0 aliphatic carbocycles. The Hall–Kier alpha value is -0.870. The fraction of sp³-hybridized carbons (Fsp3) is 0.875. The maximum Gasteiger partial charge on any atom is 0.416 e. The highest BCUT2D eigenvalue weighted by Crippen LogP contribution is 2.38. The summed E-state index contributed by atoms with van der Waals surface area (Å²) < 4.78 is 16.5. The molecule has 1 amide bonds. The van der Waals surface area contributed by atoms with Gasteiger partial charge in [-0.15, -0.1) is 0 Å². The average molecular weight is 376 g/mol. The number of aliphatic imine (C=N–C) groups is 1. The van der Waals surface area contributed by atoms with E-state index in [1.54, 1.807) is 27.7 Å². The first-order valence-corrected chi connectivity index (χ1v) is 9.26. The molecule has 1 saturated heterocycles. The third kappa shape index (κ3) is 4.46. The predicted octanol–water partition coefficient (Wildman–Crippen LogP) is 1.20. The maximum atomic E-state index is 12.4. The molecule has 2 aliphatic rings. The molecule has 0 aromatic heterocycles. The molecule has 0 spiro atoms. The zero-order valence-electron chi connectivity index (χ0n) is 15.5. The van der Waals surface area contributed by atoms with Crippen LogP contribution in [-0.2, 0) is 14.2 Å². The van der Waals surface area contributed by atoms with Crippen LogP contribution in [0.2, 0.25) is 0 Å². The molecule has 0 unspecified atom stereocenters. The second-order valence-corrected chi connectivity index (χ2v) is 8.20. The van der Waals surface area contributed by atoms with Crippen LogP contribution >= 0.6 is 11.8 Å². The first-order chi connectivity index (χ1) is 11.6. The first kappa shape index (κ1) is 20.4. The minimum absolute atomic E-state index is 0.372. The number of aliphatic hydroxyl groups excluding tert-OH is 2. The fourth-order valence-electron chi connectivity index (χ4n) is 2.69. The summed E-state index contributed by atoms with van der Waals surface area (Å²) in [7, 11) is 1.52. The van der Waals surface area contributed by atoms with Gasteiger partial charge in [-0.25, -0.2) is 4.79 Å². The van der Waals surface area contributed by atoms with Gasteiger partial charge < -0.3 is 24.4 Å². The minimum Gasteiger partial charge on any atom is -0.443 e. The lowest BCUT2D eigenvalue weighted by Gasteiger charge is -2.40. The third-order valence-corrected chi connectivity index (χ3v) is 5.24. The Kier molecular flexibility index (Phi) is 6.37. The molecule has 25 heavy (non-hydrogen) atoms. The third-order valence-electron chi connectivity index (χ3n) is 4.08. The quantitative estimate of drug-likeness (QED) is 0.763. The molecule has 2 aliphatic heterocycles. The van der Waals surface area contributed by atoms with E-state index in [-0.39, 0.29) is 6.10 Å². The molecular weight excluding hydrogens is 348 g/mol. The molecule has 2 N–H and O–H groups in total. The van der Waals surface area contributed by atoms with Crippen molar-refractivity contribution in [1.82, 2.24) is 4.90 Å². The number of ether oxygens (including phenoxy) is 3. The van der Waals surface area contributed by atoms with E-state index >= 15 is 0 Å². The van der Waals surface area contributed by atoms with Crippen LogP contribution in [-0.4, -0.2) is 81.5 Å². The van der Waals surface area contributed by atoms with E-state index in [1.807, 2.05) is 6.92 Å². The molecule has 0 radical (unpaired) electrons. The normalized spacial score (nSPS) is 33.4. The number of hydrogen-bond acceptors (Lipinski definition) is 8. The summed E-state index contributed by atoms with van der Waals surface area (Å²) in [6, 6.07) is -0.646. The van der Waals surface area contributed by atoms with E-state index in [4.69, 9.17) is 14.2 Å². The Morgan fingerprint density at radius 1 is 1.40 bits per heavy atom. The Balaban J connectivity index is 2.15. The van der Waals surface area contributed by atoms with Gasteiger partial charge in [-0.05, 0) is 34.6 Å². The van der Waals surface area contributed by atoms with Crippen molar-refractivity contribution in [3.05, 3.63) is 0 Å². The van der Waals surface area contributed by atoms with Gasteiger partial charge in [0.25, 0.3) is 0 Å². The number of amidine groups is 1. The summed E-state index contributed by atoms with van der Waals surface area (Å²) in [5.74, 6) is 0. The van der Waals surface area contributed by atoms with E-state index in [0.29, 0.717) is 11.7 Å². The highest BCUT2D eigenvalue weighted by Gasteiger charge is 2.50. The zero-order chi connectivity index (χ0) is 18.9. The summed E-state index contributed by atoms with van der Waals surface area (Å²) >= 11 is 1.25. The molecule has 0 bridgehead atoms. The van der Waals surface area contributed by atoms with Crippen molar-refractivity contribution in [3.8, 4) is 0 Å². The van der Waals surface area contributed by atoms with E-state index < -0.39 is 41.5 Å². The van der Waals surface area contributed by atoms with E-state index in [1.165, 1.54) is 23.8 Å². The lowest BCUT2D eigenvalue weighted by molar-refractivity contribution is -0.186. The van der Waals surface area contributed by atoms with Crippen LogP contribution in [0.25, 0.3) is 0 Å². The molecule has 9 heteroatoms. The van der Waals surface area contributed by atoms with Crippen molar-refractivity contribution < 1.29 is 29.2 Å². The monoisotopic (exact) mass is 376 g/mol. The Labute approximate surface area is 152 Å². The summed E-state index contributed by atoms with van der Waals surface area (Å²) in [6.45, 7) is 9.33. The number of methoxy groups -OCH3 is 1. The van der Waals surface area contributed by atoms with Crippen LogP contribution in [0.3, 0.4) is 0 Å². The smallest absolute Gasteiger partial charge is 0.416 e. The highest BCUT2D eigenvalue weighted by molar-refractivity contribution is 8.14. The number of hydrogen-bond donors (Lipinski definition) is 2. The second kappa shape index (κ2) is 7.79. The van der Waals surface area contributed by atoms with E-state index in [9.17, 15) is 15.0 Å². The van der Waals surface area contributed by atoms with Gasteiger partial charge in [-0.1, -0.05) is 11.8 Å². The minimum atomic E-state index is -1.11. The molecule has 2 heterocycles. The zero-order valence-corrected chi connectivity index (χ0v) is 16.3. The Morgan fingerprint density at radius 2 is 2.04 bits per heavy atom. The van der Waals surface area contributed by atoms with Gasteiger partial charge >= 0.3 is 6.09 Å². The van der Waals surface area contributed by atoms with Crippen molar-refractivity contribution in [1.29, 1.82) is 0 Å². The number of amides is 1. The lowest BCUT2D eigenvalue weighted by Crippen LogP contribution is -2.58. The largest absolute Gasteiger partial charge is 0.443 e. The number of carbonyl (C=O) groups is 1. The van der Waals surface area contributed by atoms with Gasteiger partial charge in [0.15, 0.2) is 5.17 Å². The Morgan fingerprint density at radius 3 is 2.56 bits per heavy atom. The number of carbonyl (C=O) groups excluding carboxylic acids is 1. The number of fused-ring (bicyclic) bond motifs is 1.